The number of anilines is 1. The van der Waals surface area contributed by atoms with Crippen LogP contribution < -0.4 is 4.72 Å². The van der Waals surface area contributed by atoms with Crippen molar-refractivity contribution in [2.75, 3.05) is 11.0 Å². The van der Waals surface area contributed by atoms with E-state index in [1.165, 1.54) is 6.33 Å². The second-order valence-electron chi connectivity index (χ2n) is 6.10. The molecule has 0 aliphatic heterocycles. The molecule has 3 aromatic heterocycles. The lowest BCUT2D eigenvalue weighted by atomic mass is 9.99. The highest BCUT2D eigenvalue weighted by Crippen LogP contribution is 2.33. The largest absolute Gasteiger partial charge is 0.282 e. The zero-order valence-electron chi connectivity index (χ0n) is 15.0. The Morgan fingerprint density at radius 3 is 2.27 bits per heavy atom. The van der Waals surface area contributed by atoms with Crippen molar-refractivity contribution in [3.63, 3.8) is 0 Å². The SMILES string of the molecule is Cc1ccc(-c2ncnc(C)c2-c2cnc(C)c(NS(C)(=O)=O)c2)cn1. The van der Waals surface area contributed by atoms with Gasteiger partial charge in [0.25, 0.3) is 0 Å². The molecule has 1 N–H and O–H groups in total. The molecule has 0 spiro atoms. The molecule has 0 aromatic carbocycles. The van der Waals surface area contributed by atoms with E-state index in [0.717, 1.165) is 40.0 Å². The predicted octanol–water partition coefficient (Wildman–Crippen LogP) is 2.90. The molecule has 0 aliphatic rings. The van der Waals surface area contributed by atoms with Crippen LogP contribution in [-0.4, -0.2) is 34.6 Å². The van der Waals surface area contributed by atoms with Crippen LogP contribution in [0.1, 0.15) is 17.1 Å². The molecule has 3 heterocycles. The average Bonchev–Trinajstić information content (AvgIpc) is 2.56. The van der Waals surface area contributed by atoms with E-state index in [9.17, 15) is 8.42 Å². The summed E-state index contributed by atoms with van der Waals surface area (Å²) in [7, 11) is -3.41. The lowest BCUT2D eigenvalue weighted by molar-refractivity contribution is 0.606. The van der Waals surface area contributed by atoms with Crippen molar-refractivity contribution in [3.05, 3.63) is 54.0 Å². The summed E-state index contributed by atoms with van der Waals surface area (Å²) in [4.78, 5) is 17.4. The second kappa shape index (κ2) is 6.80. The van der Waals surface area contributed by atoms with Gasteiger partial charge in [-0.3, -0.25) is 14.7 Å². The van der Waals surface area contributed by atoms with E-state index < -0.39 is 10.0 Å². The van der Waals surface area contributed by atoms with Gasteiger partial charge in [0.2, 0.25) is 10.0 Å². The Morgan fingerprint density at radius 2 is 1.62 bits per heavy atom. The highest BCUT2D eigenvalue weighted by molar-refractivity contribution is 7.92. The summed E-state index contributed by atoms with van der Waals surface area (Å²) in [5.41, 5.74) is 5.81. The van der Waals surface area contributed by atoms with Crippen molar-refractivity contribution < 1.29 is 8.42 Å². The summed E-state index contributed by atoms with van der Waals surface area (Å²) in [6.07, 6.45) is 6.07. The van der Waals surface area contributed by atoms with Gasteiger partial charge in [0, 0.05) is 40.5 Å². The van der Waals surface area contributed by atoms with Crippen LogP contribution in [0.4, 0.5) is 5.69 Å². The van der Waals surface area contributed by atoms with Gasteiger partial charge in [0.05, 0.1) is 23.3 Å². The van der Waals surface area contributed by atoms with E-state index in [1.54, 1.807) is 25.4 Å². The van der Waals surface area contributed by atoms with Gasteiger partial charge in [-0.15, -0.1) is 0 Å². The molecule has 7 nitrogen and oxygen atoms in total. The van der Waals surface area contributed by atoms with Crippen molar-refractivity contribution in [1.29, 1.82) is 0 Å². The number of nitrogens with zero attached hydrogens (tertiary/aromatic N) is 4. The predicted molar refractivity (Wildman–Crippen MR) is 101 cm³/mol. The minimum absolute atomic E-state index is 0.432. The maximum Gasteiger partial charge on any atom is 0.229 e. The molecule has 8 heteroatoms. The fourth-order valence-electron chi connectivity index (χ4n) is 2.62. The van der Waals surface area contributed by atoms with Crippen LogP contribution in [0.3, 0.4) is 0 Å². The number of aromatic nitrogens is 4. The standard InChI is InChI=1S/C18H19N5O2S/c1-11-5-6-14(8-19-11)18-17(13(3)21-10-22-18)15-7-16(12(2)20-9-15)23-26(4,24)25/h5-10,23H,1-4H3. The molecule has 0 aliphatic carbocycles. The van der Waals surface area contributed by atoms with Crippen molar-refractivity contribution in [1.82, 2.24) is 19.9 Å². The first-order chi connectivity index (χ1) is 12.2. The summed E-state index contributed by atoms with van der Waals surface area (Å²) in [6, 6.07) is 5.62. The van der Waals surface area contributed by atoms with E-state index in [2.05, 4.69) is 24.7 Å². The molecule has 0 amide bonds. The van der Waals surface area contributed by atoms with Crippen LogP contribution in [0.2, 0.25) is 0 Å². The Balaban J connectivity index is 2.18. The highest BCUT2D eigenvalue weighted by atomic mass is 32.2. The maximum absolute atomic E-state index is 11.6. The fraction of sp³-hybridized carbons (Fsp3) is 0.222. The summed E-state index contributed by atoms with van der Waals surface area (Å²) in [5.74, 6) is 0. The van der Waals surface area contributed by atoms with Crippen LogP contribution in [0.5, 0.6) is 0 Å². The molecule has 0 unspecified atom stereocenters. The molecule has 0 bridgehead atoms. The smallest absolute Gasteiger partial charge is 0.229 e. The number of nitrogens with one attached hydrogen (secondary N) is 1. The second-order valence-corrected chi connectivity index (χ2v) is 7.85. The number of hydrogen-bond donors (Lipinski definition) is 1. The molecule has 0 atom stereocenters. The molecule has 3 rings (SSSR count). The minimum atomic E-state index is -3.41. The first-order valence-electron chi connectivity index (χ1n) is 7.94. The van der Waals surface area contributed by atoms with Gasteiger partial charge in [0.15, 0.2) is 0 Å². The van der Waals surface area contributed by atoms with Gasteiger partial charge in [-0.2, -0.15) is 0 Å². The van der Waals surface area contributed by atoms with E-state index in [-0.39, 0.29) is 0 Å². The number of hydrogen-bond acceptors (Lipinski definition) is 6. The van der Waals surface area contributed by atoms with Crippen molar-refractivity contribution in [3.8, 4) is 22.4 Å². The Morgan fingerprint density at radius 1 is 0.885 bits per heavy atom. The lowest BCUT2D eigenvalue weighted by Gasteiger charge is -2.14. The molecule has 0 saturated carbocycles. The summed E-state index contributed by atoms with van der Waals surface area (Å²) in [6.45, 7) is 5.55. The number of pyridine rings is 2. The van der Waals surface area contributed by atoms with E-state index in [0.29, 0.717) is 11.4 Å². The van der Waals surface area contributed by atoms with Crippen LogP contribution in [-0.2, 0) is 10.0 Å². The lowest BCUT2D eigenvalue weighted by Crippen LogP contribution is -2.11. The normalized spacial score (nSPS) is 11.4. The molecule has 0 radical (unpaired) electrons. The number of rotatable bonds is 4. The minimum Gasteiger partial charge on any atom is -0.282 e. The third-order valence-corrected chi connectivity index (χ3v) is 4.48. The molecule has 134 valence electrons. The molecular weight excluding hydrogens is 350 g/mol. The van der Waals surface area contributed by atoms with Crippen LogP contribution >= 0.6 is 0 Å². The monoisotopic (exact) mass is 369 g/mol. The molecule has 26 heavy (non-hydrogen) atoms. The van der Waals surface area contributed by atoms with Crippen molar-refractivity contribution >= 4 is 15.7 Å². The third-order valence-electron chi connectivity index (χ3n) is 3.89. The van der Waals surface area contributed by atoms with Gasteiger partial charge in [0.1, 0.15) is 6.33 Å². The quantitative estimate of drug-likeness (QED) is 0.759. The fourth-order valence-corrected chi connectivity index (χ4v) is 3.23. The van der Waals surface area contributed by atoms with Crippen LogP contribution in [0.15, 0.2) is 36.9 Å². The van der Waals surface area contributed by atoms with E-state index >= 15 is 0 Å². The molecule has 3 aromatic rings. The van der Waals surface area contributed by atoms with Crippen LogP contribution in [0.25, 0.3) is 22.4 Å². The zero-order valence-corrected chi connectivity index (χ0v) is 15.8. The average molecular weight is 369 g/mol. The Kier molecular flexibility index (Phi) is 4.69. The van der Waals surface area contributed by atoms with Crippen molar-refractivity contribution in [2.24, 2.45) is 0 Å². The topological polar surface area (TPSA) is 97.7 Å². The van der Waals surface area contributed by atoms with E-state index in [4.69, 9.17) is 0 Å². The first kappa shape index (κ1) is 17.9. The summed E-state index contributed by atoms with van der Waals surface area (Å²) >= 11 is 0. The Labute approximate surface area is 152 Å². The molecule has 0 fully saturated rings. The van der Waals surface area contributed by atoms with Crippen molar-refractivity contribution in [2.45, 2.75) is 20.8 Å². The van der Waals surface area contributed by atoms with Gasteiger partial charge in [-0.1, -0.05) is 0 Å². The number of sulfonamides is 1. The Hall–Kier alpha value is -2.87. The summed E-state index contributed by atoms with van der Waals surface area (Å²) < 4.78 is 25.7. The highest BCUT2D eigenvalue weighted by Gasteiger charge is 2.16. The van der Waals surface area contributed by atoms with E-state index in [1.807, 2.05) is 26.0 Å². The first-order valence-corrected chi connectivity index (χ1v) is 9.83. The summed E-state index contributed by atoms with van der Waals surface area (Å²) in [5, 5.41) is 0. The Bertz CT molecular complexity index is 1060. The van der Waals surface area contributed by atoms with Gasteiger partial charge < -0.3 is 0 Å². The molecule has 0 saturated heterocycles. The van der Waals surface area contributed by atoms with Gasteiger partial charge in [-0.25, -0.2) is 18.4 Å². The van der Waals surface area contributed by atoms with Gasteiger partial charge in [-0.05, 0) is 39.0 Å². The zero-order chi connectivity index (χ0) is 18.9. The third kappa shape index (κ3) is 3.85. The molecular formula is C18H19N5O2S. The number of aryl methyl sites for hydroxylation is 3. The van der Waals surface area contributed by atoms with Crippen LogP contribution in [0, 0.1) is 20.8 Å². The van der Waals surface area contributed by atoms with Gasteiger partial charge >= 0.3 is 0 Å². The maximum atomic E-state index is 11.6.